The normalized spacial score (nSPS) is 20.1. The molecule has 1 aromatic carbocycles. The molecule has 0 amide bonds. The van der Waals surface area contributed by atoms with Gasteiger partial charge < -0.3 is 10.5 Å². The van der Waals surface area contributed by atoms with E-state index >= 15 is 0 Å². The fourth-order valence-corrected chi connectivity index (χ4v) is 2.81. The minimum Gasteiger partial charge on any atom is -0.399 e. The second-order valence-electron chi connectivity index (χ2n) is 4.19. The molecule has 0 aromatic heterocycles. The summed E-state index contributed by atoms with van der Waals surface area (Å²) in [6.45, 7) is 0.968. The van der Waals surface area contributed by atoms with Gasteiger partial charge in [0.2, 0.25) is 0 Å². The van der Waals surface area contributed by atoms with Crippen molar-refractivity contribution in [3.63, 3.8) is 0 Å². The van der Waals surface area contributed by atoms with Crippen LogP contribution in [0, 0.1) is 0 Å². The van der Waals surface area contributed by atoms with E-state index in [2.05, 4.69) is 12.1 Å². The summed E-state index contributed by atoms with van der Waals surface area (Å²) in [5.74, 6) is 1.17. The Morgan fingerprint density at radius 2 is 2.12 bits per heavy atom. The lowest BCUT2D eigenvalue weighted by molar-refractivity contribution is 0.104. The Labute approximate surface area is 102 Å². The number of thioether (sulfide) groups is 1. The maximum absolute atomic E-state index is 5.64. The van der Waals surface area contributed by atoms with Crippen LogP contribution >= 0.6 is 11.8 Å². The summed E-state index contributed by atoms with van der Waals surface area (Å²) in [5, 5.41) is 0. The Hall–Kier alpha value is -0.670. The van der Waals surface area contributed by atoms with E-state index < -0.39 is 0 Å². The van der Waals surface area contributed by atoms with E-state index in [1.54, 1.807) is 0 Å². The van der Waals surface area contributed by atoms with E-state index in [1.807, 2.05) is 23.9 Å². The summed E-state index contributed by atoms with van der Waals surface area (Å²) in [6.07, 6.45) is 5.48. The van der Waals surface area contributed by atoms with Crippen LogP contribution in [0.3, 0.4) is 0 Å². The van der Waals surface area contributed by atoms with E-state index in [9.17, 15) is 0 Å². The fourth-order valence-electron chi connectivity index (χ4n) is 1.94. The molecule has 1 saturated heterocycles. The molecule has 1 atom stereocenters. The molecule has 1 fully saturated rings. The maximum Gasteiger partial charge on any atom is 0.0576 e. The predicted molar refractivity (Wildman–Crippen MR) is 69.8 cm³/mol. The highest BCUT2D eigenvalue weighted by Gasteiger charge is 2.14. The van der Waals surface area contributed by atoms with Gasteiger partial charge in [-0.1, -0.05) is 0 Å². The first-order valence-corrected chi connectivity index (χ1v) is 6.93. The summed E-state index contributed by atoms with van der Waals surface area (Å²) < 4.78 is 5.60. The quantitative estimate of drug-likeness (QED) is 0.485. The van der Waals surface area contributed by atoms with Crippen molar-refractivity contribution in [3.05, 3.63) is 24.3 Å². The van der Waals surface area contributed by atoms with Crippen molar-refractivity contribution in [2.45, 2.75) is 36.7 Å². The third-order valence-electron chi connectivity index (χ3n) is 2.84. The summed E-state index contributed by atoms with van der Waals surface area (Å²) >= 11 is 1.90. The molecule has 2 nitrogen and oxygen atoms in total. The highest BCUT2D eigenvalue weighted by Crippen LogP contribution is 2.23. The second kappa shape index (κ2) is 6.16. The van der Waals surface area contributed by atoms with Crippen LogP contribution in [0.25, 0.3) is 0 Å². The Morgan fingerprint density at radius 1 is 1.31 bits per heavy atom. The minimum absolute atomic E-state index is 0.534. The molecular formula is C13H19NOS. The zero-order valence-corrected chi connectivity index (χ0v) is 10.3. The van der Waals surface area contributed by atoms with Crippen LogP contribution in [-0.4, -0.2) is 18.5 Å². The molecule has 1 aliphatic rings. The molecular weight excluding hydrogens is 218 g/mol. The average molecular weight is 237 g/mol. The third kappa shape index (κ3) is 3.72. The van der Waals surface area contributed by atoms with Crippen molar-refractivity contribution >= 4 is 17.4 Å². The standard InChI is InChI=1S/C13H19NOS/c14-11-5-7-13(8-6-11)16-10-2-4-12-3-1-9-15-12/h5-8,12H,1-4,9-10,14H2. The molecule has 1 aromatic rings. The molecule has 0 aliphatic carbocycles. The van der Waals surface area contributed by atoms with Gasteiger partial charge in [-0.15, -0.1) is 11.8 Å². The van der Waals surface area contributed by atoms with Crippen LogP contribution in [0.4, 0.5) is 5.69 Å². The first-order valence-electron chi connectivity index (χ1n) is 5.94. The number of anilines is 1. The van der Waals surface area contributed by atoms with Crippen LogP contribution in [-0.2, 0) is 4.74 Å². The predicted octanol–water partition coefficient (Wildman–Crippen LogP) is 3.32. The summed E-state index contributed by atoms with van der Waals surface area (Å²) in [4.78, 5) is 1.31. The molecule has 1 heterocycles. The van der Waals surface area contributed by atoms with Gasteiger partial charge in [0.25, 0.3) is 0 Å². The molecule has 2 N–H and O–H groups in total. The van der Waals surface area contributed by atoms with E-state index in [-0.39, 0.29) is 0 Å². The largest absolute Gasteiger partial charge is 0.399 e. The van der Waals surface area contributed by atoms with E-state index in [1.165, 1.54) is 36.3 Å². The third-order valence-corrected chi connectivity index (χ3v) is 3.94. The van der Waals surface area contributed by atoms with Crippen LogP contribution < -0.4 is 5.73 Å². The van der Waals surface area contributed by atoms with Gasteiger partial charge in [0.15, 0.2) is 0 Å². The van der Waals surface area contributed by atoms with Gasteiger partial charge in [-0.25, -0.2) is 0 Å². The highest BCUT2D eigenvalue weighted by molar-refractivity contribution is 7.99. The SMILES string of the molecule is Nc1ccc(SCCCC2CCCO2)cc1. The Kier molecular flexibility index (Phi) is 4.55. The summed E-state index contributed by atoms with van der Waals surface area (Å²) in [6, 6.07) is 8.10. The van der Waals surface area contributed by atoms with Crippen molar-refractivity contribution in [1.29, 1.82) is 0 Å². The van der Waals surface area contributed by atoms with E-state index in [0.717, 1.165) is 12.3 Å². The van der Waals surface area contributed by atoms with Gasteiger partial charge in [0.05, 0.1) is 6.10 Å². The molecule has 3 heteroatoms. The highest BCUT2D eigenvalue weighted by atomic mass is 32.2. The van der Waals surface area contributed by atoms with Crippen LogP contribution in [0.1, 0.15) is 25.7 Å². The van der Waals surface area contributed by atoms with Crippen molar-refractivity contribution in [3.8, 4) is 0 Å². The first-order chi connectivity index (χ1) is 7.84. The van der Waals surface area contributed by atoms with E-state index in [0.29, 0.717) is 6.10 Å². The molecule has 88 valence electrons. The molecule has 0 spiro atoms. The van der Waals surface area contributed by atoms with Crippen LogP contribution in [0.2, 0.25) is 0 Å². The lowest BCUT2D eigenvalue weighted by Gasteiger charge is -2.08. The van der Waals surface area contributed by atoms with E-state index in [4.69, 9.17) is 10.5 Å². The van der Waals surface area contributed by atoms with Gasteiger partial charge in [0, 0.05) is 17.2 Å². The topological polar surface area (TPSA) is 35.2 Å². The molecule has 1 unspecified atom stereocenters. The second-order valence-corrected chi connectivity index (χ2v) is 5.36. The Morgan fingerprint density at radius 3 is 2.81 bits per heavy atom. The minimum atomic E-state index is 0.534. The number of benzene rings is 1. The van der Waals surface area contributed by atoms with Gasteiger partial charge in [0.1, 0.15) is 0 Å². The Bertz CT molecular complexity index is 306. The van der Waals surface area contributed by atoms with Crippen LogP contribution in [0.5, 0.6) is 0 Å². The average Bonchev–Trinajstić information content (AvgIpc) is 2.80. The van der Waals surface area contributed by atoms with Gasteiger partial charge in [-0.3, -0.25) is 0 Å². The number of rotatable bonds is 5. The number of ether oxygens (including phenoxy) is 1. The van der Waals surface area contributed by atoms with Crippen molar-refractivity contribution < 1.29 is 4.74 Å². The van der Waals surface area contributed by atoms with Crippen molar-refractivity contribution in [2.75, 3.05) is 18.1 Å². The van der Waals surface area contributed by atoms with Crippen molar-refractivity contribution in [2.24, 2.45) is 0 Å². The molecule has 0 radical (unpaired) electrons. The lowest BCUT2D eigenvalue weighted by atomic mass is 10.1. The molecule has 0 bridgehead atoms. The molecule has 0 saturated carbocycles. The fraction of sp³-hybridized carbons (Fsp3) is 0.538. The summed E-state index contributed by atoms with van der Waals surface area (Å²) in [5.41, 5.74) is 6.48. The Balaban J connectivity index is 1.62. The lowest BCUT2D eigenvalue weighted by Crippen LogP contribution is -2.04. The molecule has 1 aliphatic heterocycles. The monoisotopic (exact) mass is 237 g/mol. The maximum atomic E-state index is 5.64. The molecule has 2 rings (SSSR count). The smallest absolute Gasteiger partial charge is 0.0576 e. The molecule has 16 heavy (non-hydrogen) atoms. The van der Waals surface area contributed by atoms with Gasteiger partial charge in [-0.2, -0.15) is 0 Å². The zero-order valence-electron chi connectivity index (χ0n) is 9.52. The first kappa shape index (κ1) is 11.8. The number of hydrogen-bond donors (Lipinski definition) is 1. The number of hydrogen-bond acceptors (Lipinski definition) is 3. The van der Waals surface area contributed by atoms with Gasteiger partial charge in [-0.05, 0) is 55.7 Å². The number of nitrogen functional groups attached to an aromatic ring is 1. The zero-order chi connectivity index (χ0) is 11.2. The van der Waals surface area contributed by atoms with Gasteiger partial charge >= 0.3 is 0 Å². The number of nitrogens with two attached hydrogens (primary N) is 1. The summed E-state index contributed by atoms with van der Waals surface area (Å²) in [7, 11) is 0. The van der Waals surface area contributed by atoms with Crippen LogP contribution in [0.15, 0.2) is 29.2 Å². The van der Waals surface area contributed by atoms with Crippen molar-refractivity contribution in [1.82, 2.24) is 0 Å².